The van der Waals surface area contributed by atoms with Gasteiger partial charge >= 0.3 is 0 Å². The number of hydrogen-bond donors (Lipinski definition) is 0. The molecule has 1 aromatic rings. The molecular formula is C13H10O2. The van der Waals surface area contributed by atoms with E-state index < -0.39 is 5.92 Å². The lowest BCUT2D eigenvalue weighted by Gasteiger charge is -2.02. The summed E-state index contributed by atoms with van der Waals surface area (Å²) < 4.78 is 0. The van der Waals surface area contributed by atoms with E-state index in [1.807, 2.05) is 0 Å². The van der Waals surface area contributed by atoms with E-state index in [4.69, 9.17) is 6.42 Å². The number of ketones is 2. The van der Waals surface area contributed by atoms with Crippen molar-refractivity contribution in [3.63, 3.8) is 0 Å². The smallest absolute Gasteiger partial charge is 0.174 e. The molecule has 0 atom stereocenters. The zero-order chi connectivity index (χ0) is 10.8. The number of rotatable bonds is 2. The van der Waals surface area contributed by atoms with Crippen molar-refractivity contribution in [1.82, 2.24) is 0 Å². The average molecular weight is 198 g/mol. The van der Waals surface area contributed by atoms with Gasteiger partial charge in [0.25, 0.3) is 0 Å². The Labute approximate surface area is 88.3 Å². The SMILES string of the molecule is C#CCCC1C(=O)c2ccccc2C1=O. The second kappa shape index (κ2) is 3.70. The molecule has 74 valence electrons. The van der Waals surface area contributed by atoms with Crippen LogP contribution in [0.25, 0.3) is 0 Å². The van der Waals surface area contributed by atoms with Gasteiger partial charge in [0.1, 0.15) is 0 Å². The van der Waals surface area contributed by atoms with Gasteiger partial charge in [-0.3, -0.25) is 9.59 Å². The predicted octanol–water partition coefficient (Wildman–Crippen LogP) is 2.10. The molecule has 0 radical (unpaired) electrons. The van der Waals surface area contributed by atoms with Crippen LogP contribution in [0, 0.1) is 18.3 Å². The van der Waals surface area contributed by atoms with Gasteiger partial charge < -0.3 is 0 Å². The minimum atomic E-state index is -0.543. The number of fused-ring (bicyclic) bond motifs is 1. The topological polar surface area (TPSA) is 34.1 Å². The van der Waals surface area contributed by atoms with Crippen LogP contribution in [0.3, 0.4) is 0 Å². The minimum absolute atomic E-state index is 0.0779. The fourth-order valence-electron chi connectivity index (χ4n) is 1.90. The van der Waals surface area contributed by atoms with Gasteiger partial charge in [0.15, 0.2) is 11.6 Å². The maximum Gasteiger partial charge on any atom is 0.174 e. The molecule has 0 bridgehead atoms. The van der Waals surface area contributed by atoms with Crippen molar-refractivity contribution in [1.29, 1.82) is 0 Å². The quantitative estimate of drug-likeness (QED) is 0.538. The number of hydrogen-bond acceptors (Lipinski definition) is 2. The molecule has 0 unspecified atom stereocenters. The summed E-state index contributed by atoms with van der Waals surface area (Å²) >= 11 is 0. The van der Waals surface area contributed by atoms with E-state index in [9.17, 15) is 9.59 Å². The van der Waals surface area contributed by atoms with E-state index in [-0.39, 0.29) is 11.6 Å². The highest BCUT2D eigenvalue weighted by Crippen LogP contribution is 2.29. The first-order valence-corrected chi connectivity index (χ1v) is 4.86. The summed E-state index contributed by atoms with van der Waals surface area (Å²) in [7, 11) is 0. The van der Waals surface area contributed by atoms with E-state index in [2.05, 4.69) is 5.92 Å². The van der Waals surface area contributed by atoms with Crippen molar-refractivity contribution >= 4 is 11.6 Å². The fourth-order valence-corrected chi connectivity index (χ4v) is 1.90. The molecule has 0 heterocycles. The normalized spacial score (nSPS) is 15.1. The van der Waals surface area contributed by atoms with Gasteiger partial charge in [-0.2, -0.15) is 0 Å². The number of Topliss-reactive ketones (excluding diaryl/α,β-unsaturated/α-hetero) is 2. The van der Waals surface area contributed by atoms with Crippen LogP contribution in [0.15, 0.2) is 24.3 Å². The molecule has 0 spiro atoms. The highest BCUT2D eigenvalue weighted by Gasteiger charge is 2.37. The third-order valence-electron chi connectivity index (χ3n) is 2.67. The summed E-state index contributed by atoms with van der Waals surface area (Å²) in [6.45, 7) is 0. The number of carbonyl (C=O) groups excluding carboxylic acids is 2. The van der Waals surface area contributed by atoms with E-state index in [1.54, 1.807) is 24.3 Å². The molecule has 1 aliphatic carbocycles. The molecule has 2 nitrogen and oxygen atoms in total. The summed E-state index contributed by atoms with van der Waals surface area (Å²) in [4.78, 5) is 23.6. The molecule has 0 saturated heterocycles. The molecule has 0 N–H and O–H groups in total. The van der Waals surface area contributed by atoms with Crippen molar-refractivity contribution in [2.24, 2.45) is 5.92 Å². The van der Waals surface area contributed by atoms with Gasteiger partial charge in [-0.1, -0.05) is 24.3 Å². The minimum Gasteiger partial charge on any atom is -0.293 e. The van der Waals surface area contributed by atoms with Crippen LogP contribution in [0.1, 0.15) is 33.6 Å². The molecule has 0 aliphatic heterocycles. The van der Waals surface area contributed by atoms with Crippen LogP contribution in [0.5, 0.6) is 0 Å². The van der Waals surface area contributed by atoms with Crippen molar-refractivity contribution in [3.05, 3.63) is 35.4 Å². The summed E-state index contributed by atoms with van der Waals surface area (Å²) in [5, 5.41) is 0. The van der Waals surface area contributed by atoms with Crippen molar-refractivity contribution in [2.75, 3.05) is 0 Å². The second-order valence-corrected chi connectivity index (χ2v) is 3.57. The lowest BCUT2D eigenvalue weighted by Crippen LogP contribution is -2.14. The molecule has 0 aromatic heterocycles. The molecule has 1 aromatic carbocycles. The lowest BCUT2D eigenvalue weighted by atomic mass is 9.98. The van der Waals surface area contributed by atoms with Crippen molar-refractivity contribution in [2.45, 2.75) is 12.8 Å². The molecule has 2 heteroatoms. The van der Waals surface area contributed by atoms with Crippen molar-refractivity contribution < 1.29 is 9.59 Å². The van der Waals surface area contributed by atoms with Crippen LogP contribution in [0.4, 0.5) is 0 Å². The predicted molar refractivity (Wildman–Crippen MR) is 56.7 cm³/mol. The van der Waals surface area contributed by atoms with Gasteiger partial charge in [0.2, 0.25) is 0 Å². The molecule has 1 aliphatic rings. The fraction of sp³-hybridized carbons (Fsp3) is 0.231. The highest BCUT2D eigenvalue weighted by atomic mass is 16.2. The largest absolute Gasteiger partial charge is 0.293 e. The van der Waals surface area contributed by atoms with Gasteiger partial charge in [-0.05, 0) is 6.42 Å². The van der Waals surface area contributed by atoms with Gasteiger partial charge in [0.05, 0.1) is 5.92 Å². The monoisotopic (exact) mass is 198 g/mol. The third kappa shape index (κ3) is 1.46. The van der Waals surface area contributed by atoms with Gasteiger partial charge in [-0.15, -0.1) is 12.3 Å². The first-order chi connectivity index (χ1) is 7.25. The maximum atomic E-state index is 11.8. The Bertz CT molecular complexity index is 431. The van der Waals surface area contributed by atoms with Crippen LogP contribution in [-0.2, 0) is 0 Å². The Kier molecular flexibility index (Phi) is 2.39. The summed E-state index contributed by atoms with van der Waals surface area (Å²) in [6, 6.07) is 6.94. The Morgan fingerprint density at radius 1 is 1.13 bits per heavy atom. The standard InChI is InChI=1S/C13H10O2/c1-2-3-6-11-12(14)9-7-4-5-8-10(9)13(11)15/h1,4-5,7-8,11H,3,6H2. The van der Waals surface area contributed by atoms with Crippen molar-refractivity contribution in [3.8, 4) is 12.3 Å². The Balaban J connectivity index is 2.34. The van der Waals surface area contributed by atoms with E-state index in [0.717, 1.165) is 0 Å². The van der Waals surface area contributed by atoms with E-state index in [0.29, 0.717) is 24.0 Å². The van der Waals surface area contributed by atoms with E-state index >= 15 is 0 Å². The lowest BCUT2D eigenvalue weighted by molar-refractivity contribution is 0.0832. The van der Waals surface area contributed by atoms with Crippen LogP contribution in [-0.4, -0.2) is 11.6 Å². The number of benzene rings is 1. The zero-order valence-electron chi connectivity index (χ0n) is 8.19. The zero-order valence-corrected chi connectivity index (χ0v) is 8.19. The van der Waals surface area contributed by atoms with Crippen LogP contribution >= 0.6 is 0 Å². The third-order valence-corrected chi connectivity index (χ3v) is 2.67. The van der Waals surface area contributed by atoms with E-state index in [1.165, 1.54) is 0 Å². The van der Waals surface area contributed by atoms with Crippen LogP contribution in [0.2, 0.25) is 0 Å². The average Bonchev–Trinajstić information content (AvgIpc) is 2.51. The first-order valence-electron chi connectivity index (χ1n) is 4.86. The molecule has 15 heavy (non-hydrogen) atoms. The summed E-state index contributed by atoms with van der Waals surface area (Å²) in [6.07, 6.45) is 6.06. The summed E-state index contributed by atoms with van der Waals surface area (Å²) in [5.74, 6) is 1.76. The second-order valence-electron chi connectivity index (χ2n) is 3.57. The maximum absolute atomic E-state index is 11.8. The molecule has 0 fully saturated rings. The van der Waals surface area contributed by atoms with Crippen LogP contribution < -0.4 is 0 Å². The Morgan fingerprint density at radius 2 is 1.67 bits per heavy atom. The number of carbonyl (C=O) groups is 2. The highest BCUT2D eigenvalue weighted by molar-refractivity contribution is 6.26. The number of terminal acetylenes is 1. The Morgan fingerprint density at radius 3 is 2.13 bits per heavy atom. The van der Waals surface area contributed by atoms with Gasteiger partial charge in [0, 0.05) is 17.5 Å². The summed E-state index contributed by atoms with van der Waals surface area (Å²) in [5.41, 5.74) is 1.09. The molecular weight excluding hydrogens is 188 g/mol. The first kappa shape index (κ1) is 9.67. The molecule has 0 amide bonds. The molecule has 2 rings (SSSR count). The molecule has 0 saturated carbocycles. The van der Waals surface area contributed by atoms with Gasteiger partial charge in [-0.25, -0.2) is 0 Å². The Hall–Kier alpha value is -1.88.